The van der Waals surface area contributed by atoms with Gasteiger partial charge in [0.05, 0.1) is 23.2 Å². The molecular formula is C11H14N4O2. The van der Waals surface area contributed by atoms with Gasteiger partial charge in [-0.05, 0) is 19.1 Å². The fourth-order valence-electron chi connectivity index (χ4n) is 2.02. The Kier molecular flexibility index (Phi) is 2.68. The molecule has 0 saturated carbocycles. The van der Waals surface area contributed by atoms with Crippen LogP contribution in [0.3, 0.4) is 0 Å². The van der Waals surface area contributed by atoms with E-state index in [0.29, 0.717) is 5.69 Å². The third-order valence-corrected chi connectivity index (χ3v) is 3.32. The van der Waals surface area contributed by atoms with E-state index in [1.54, 1.807) is 31.3 Å². The van der Waals surface area contributed by atoms with Crippen molar-refractivity contribution in [1.29, 1.82) is 0 Å². The molecule has 6 nitrogen and oxygen atoms in total. The third-order valence-electron chi connectivity index (χ3n) is 3.32. The van der Waals surface area contributed by atoms with Gasteiger partial charge in [-0.3, -0.25) is 19.9 Å². The molecule has 2 heterocycles. The number of rotatable bonds is 1. The van der Waals surface area contributed by atoms with Crippen molar-refractivity contribution >= 4 is 11.8 Å². The number of nitrogens with two attached hydrogens (primary N) is 2. The summed E-state index contributed by atoms with van der Waals surface area (Å²) < 4.78 is 0. The topological polar surface area (TPSA) is 111 Å². The van der Waals surface area contributed by atoms with Gasteiger partial charge >= 0.3 is 0 Å². The molecule has 1 fully saturated rings. The fourth-order valence-corrected chi connectivity index (χ4v) is 2.02. The summed E-state index contributed by atoms with van der Waals surface area (Å²) in [6, 6.07) is 3.43. The maximum atomic E-state index is 11.6. The Morgan fingerprint density at radius 1 is 1.24 bits per heavy atom. The van der Waals surface area contributed by atoms with Gasteiger partial charge in [-0.1, -0.05) is 6.07 Å². The number of pyridine rings is 1. The maximum Gasteiger partial charge on any atom is 0.244 e. The van der Waals surface area contributed by atoms with Crippen LogP contribution in [0.5, 0.6) is 0 Å². The van der Waals surface area contributed by atoms with Gasteiger partial charge in [0.25, 0.3) is 0 Å². The van der Waals surface area contributed by atoms with Crippen molar-refractivity contribution < 1.29 is 9.59 Å². The van der Waals surface area contributed by atoms with Gasteiger partial charge in [0, 0.05) is 6.20 Å². The van der Waals surface area contributed by atoms with Gasteiger partial charge in [0.2, 0.25) is 11.8 Å². The molecule has 90 valence electrons. The lowest BCUT2D eigenvalue weighted by Gasteiger charge is -2.41. The Hall–Kier alpha value is -1.79. The van der Waals surface area contributed by atoms with E-state index in [4.69, 9.17) is 11.5 Å². The van der Waals surface area contributed by atoms with Gasteiger partial charge in [-0.2, -0.15) is 0 Å². The zero-order valence-electron chi connectivity index (χ0n) is 9.38. The minimum atomic E-state index is -0.985. The highest BCUT2D eigenvalue weighted by Crippen LogP contribution is 2.30. The molecule has 0 radical (unpaired) electrons. The van der Waals surface area contributed by atoms with Crippen molar-refractivity contribution in [3.63, 3.8) is 0 Å². The van der Waals surface area contributed by atoms with Crippen molar-refractivity contribution in [2.75, 3.05) is 0 Å². The molecule has 2 atom stereocenters. The number of imide groups is 1. The van der Waals surface area contributed by atoms with Crippen LogP contribution in [-0.4, -0.2) is 28.9 Å². The molecule has 6 heteroatoms. The molecule has 17 heavy (non-hydrogen) atoms. The molecule has 1 aliphatic heterocycles. The van der Waals surface area contributed by atoms with Crippen LogP contribution in [0.15, 0.2) is 24.4 Å². The predicted octanol–water partition coefficient (Wildman–Crippen LogP) is -1.35. The first kappa shape index (κ1) is 11.7. The number of nitrogens with zero attached hydrogens (tertiary/aromatic N) is 1. The summed E-state index contributed by atoms with van der Waals surface area (Å²) in [7, 11) is 0. The third kappa shape index (κ3) is 1.62. The van der Waals surface area contributed by atoms with E-state index in [1.165, 1.54) is 0 Å². The second-order valence-electron chi connectivity index (χ2n) is 4.31. The van der Waals surface area contributed by atoms with Gasteiger partial charge in [0.1, 0.15) is 0 Å². The fraction of sp³-hybridized carbons (Fsp3) is 0.364. The van der Waals surface area contributed by atoms with Crippen LogP contribution in [0.4, 0.5) is 0 Å². The van der Waals surface area contributed by atoms with Crippen molar-refractivity contribution in [2.45, 2.75) is 24.4 Å². The molecule has 2 unspecified atom stereocenters. The summed E-state index contributed by atoms with van der Waals surface area (Å²) >= 11 is 0. The van der Waals surface area contributed by atoms with E-state index in [0.717, 1.165) is 0 Å². The standard InChI is InChI=1S/C11H14N4O2/c1-11(6-4-2-3-5-14-6)7(12)9(16)15-10(17)8(11)13/h2-5,7-8H,12-13H2,1H3,(H,15,16,17). The predicted molar refractivity (Wildman–Crippen MR) is 60.7 cm³/mol. The number of hydrogen-bond acceptors (Lipinski definition) is 5. The van der Waals surface area contributed by atoms with Crippen LogP contribution in [0.2, 0.25) is 0 Å². The smallest absolute Gasteiger partial charge is 0.244 e. The molecule has 0 bridgehead atoms. The zero-order valence-corrected chi connectivity index (χ0v) is 9.38. The van der Waals surface area contributed by atoms with Crippen LogP contribution >= 0.6 is 0 Å². The molecule has 0 spiro atoms. The molecule has 2 amide bonds. The highest BCUT2D eigenvalue weighted by Gasteiger charge is 2.51. The molecule has 1 saturated heterocycles. The molecule has 1 aromatic rings. The Morgan fingerprint density at radius 3 is 2.29 bits per heavy atom. The van der Waals surface area contributed by atoms with Crippen molar-refractivity contribution in [2.24, 2.45) is 11.5 Å². The molecule has 1 aromatic heterocycles. The van der Waals surface area contributed by atoms with Gasteiger partial charge < -0.3 is 11.5 Å². The Morgan fingerprint density at radius 2 is 1.82 bits per heavy atom. The molecular weight excluding hydrogens is 220 g/mol. The van der Waals surface area contributed by atoms with Crippen LogP contribution in [-0.2, 0) is 15.0 Å². The SMILES string of the molecule is CC1(c2ccccn2)C(N)C(=O)NC(=O)C1N. The van der Waals surface area contributed by atoms with Gasteiger partial charge in [-0.25, -0.2) is 0 Å². The number of carbonyl (C=O) groups is 2. The number of nitrogens with one attached hydrogen (secondary N) is 1. The zero-order chi connectivity index (χ0) is 12.6. The normalized spacial score (nSPS) is 33.4. The lowest BCUT2D eigenvalue weighted by molar-refractivity contribution is -0.138. The van der Waals surface area contributed by atoms with Gasteiger partial charge in [-0.15, -0.1) is 0 Å². The van der Waals surface area contributed by atoms with E-state index in [9.17, 15) is 9.59 Å². The molecule has 5 N–H and O–H groups in total. The van der Waals surface area contributed by atoms with Crippen molar-refractivity contribution in [3.8, 4) is 0 Å². The summed E-state index contributed by atoms with van der Waals surface area (Å²) in [6.45, 7) is 1.68. The Balaban J connectivity index is 2.52. The average Bonchev–Trinajstić information content (AvgIpc) is 2.35. The first-order chi connectivity index (χ1) is 7.98. The summed E-state index contributed by atoms with van der Waals surface area (Å²) in [5.41, 5.74) is 11.3. The largest absolute Gasteiger partial charge is 0.319 e. The molecule has 2 rings (SSSR count). The minimum Gasteiger partial charge on any atom is -0.319 e. The number of amides is 2. The maximum absolute atomic E-state index is 11.6. The Bertz CT molecular complexity index is 440. The lowest BCUT2D eigenvalue weighted by atomic mass is 9.70. The second kappa shape index (κ2) is 3.90. The van der Waals surface area contributed by atoms with E-state index in [1.807, 2.05) is 0 Å². The van der Waals surface area contributed by atoms with Crippen LogP contribution in [0.1, 0.15) is 12.6 Å². The quantitative estimate of drug-likeness (QED) is 0.520. The van der Waals surface area contributed by atoms with E-state index < -0.39 is 29.3 Å². The average molecular weight is 234 g/mol. The first-order valence-corrected chi connectivity index (χ1v) is 5.25. The number of hydrogen-bond donors (Lipinski definition) is 3. The van der Waals surface area contributed by atoms with Crippen LogP contribution in [0, 0.1) is 0 Å². The number of carbonyl (C=O) groups excluding carboxylic acids is 2. The van der Waals surface area contributed by atoms with Crippen LogP contribution in [0.25, 0.3) is 0 Å². The molecule has 1 aliphatic rings. The number of piperidine rings is 1. The van der Waals surface area contributed by atoms with Gasteiger partial charge in [0.15, 0.2) is 0 Å². The monoisotopic (exact) mass is 234 g/mol. The van der Waals surface area contributed by atoms with E-state index in [-0.39, 0.29) is 0 Å². The van der Waals surface area contributed by atoms with Crippen molar-refractivity contribution in [3.05, 3.63) is 30.1 Å². The van der Waals surface area contributed by atoms with E-state index >= 15 is 0 Å². The molecule has 0 aromatic carbocycles. The van der Waals surface area contributed by atoms with E-state index in [2.05, 4.69) is 10.3 Å². The first-order valence-electron chi connectivity index (χ1n) is 5.25. The summed E-state index contributed by atoms with van der Waals surface area (Å²) in [6.07, 6.45) is 1.58. The summed E-state index contributed by atoms with van der Waals surface area (Å²) in [5.74, 6) is -1.05. The molecule has 0 aliphatic carbocycles. The summed E-state index contributed by atoms with van der Waals surface area (Å²) in [4.78, 5) is 27.3. The Labute approximate surface area is 98.4 Å². The highest BCUT2D eigenvalue weighted by atomic mass is 16.2. The second-order valence-corrected chi connectivity index (χ2v) is 4.31. The number of aromatic nitrogens is 1. The van der Waals surface area contributed by atoms with Crippen molar-refractivity contribution in [1.82, 2.24) is 10.3 Å². The van der Waals surface area contributed by atoms with Crippen LogP contribution < -0.4 is 16.8 Å². The lowest BCUT2D eigenvalue weighted by Crippen LogP contribution is -2.71. The summed E-state index contributed by atoms with van der Waals surface area (Å²) in [5, 5.41) is 2.15. The minimum absolute atomic E-state index is 0.523. The highest BCUT2D eigenvalue weighted by molar-refractivity contribution is 6.05.